The van der Waals surface area contributed by atoms with Crippen LogP contribution in [-0.2, 0) is 22.5 Å². The normalized spacial score (nSPS) is 14.7. The third-order valence-electron chi connectivity index (χ3n) is 5.55. The van der Waals surface area contributed by atoms with Gasteiger partial charge in [0.25, 0.3) is 5.91 Å². The van der Waals surface area contributed by atoms with E-state index in [4.69, 9.17) is 14.2 Å². The van der Waals surface area contributed by atoms with Crippen LogP contribution < -0.4 is 4.74 Å². The molecule has 5 nitrogen and oxygen atoms in total. The Morgan fingerprint density at radius 2 is 1.73 bits per heavy atom. The van der Waals surface area contributed by atoms with Gasteiger partial charge in [0.1, 0.15) is 0 Å². The second-order valence-corrected chi connectivity index (χ2v) is 7.65. The number of likely N-dealkylation sites (tertiary alicyclic amines) is 1. The van der Waals surface area contributed by atoms with Crippen molar-refractivity contribution in [2.45, 2.75) is 25.9 Å². The van der Waals surface area contributed by atoms with Crippen LogP contribution >= 0.6 is 0 Å². The largest absolute Gasteiger partial charge is 0.494 e. The lowest BCUT2D eigenvalue weighted by atomic mass is 9.89. The monoisotopic (exact) mass is 415 g/mol. The highest BCUT2D eigenvalue weighted by molar-refractivity contribution is 5.94. The number of methoxy groups -OCH3 is 2. The second-order valence-electron chi connectivity index (χ2n) is 7.65. The Bertz CT molecular complexity index is 816. The van der Waals surface area contributed by atoms with Gasteiger partial charge in [0.2, 0.25) is 0 Å². The first-order chi connectivity index (χ1) is 14.6. The third-order valence-corrected chi connectivity index (χ3v) is 5.55. The molecule has 0 bridgehead atoms. The molecule has 0 radical (unpaired) electrons. The molecule has 3 rings (SSSR count). The SMILES string of the molecule is COCCOCc1ccc(CC2CCN(C(=O)c3ccc(OC)c(F)c3)CC2)cc1. The molecule has 1 aliphatic rings. The van der Waals surface area contributed by atoms with Gasteiger partial charge in [-0.2, -0.15) is 0 Å². The van der Waals surface area contributed by atoms with Crippen molar-refractivity contribution in [1.29, 1.82) is 0 Å². The van der Waals surface area contributed by atoms with Gasteiger partial charge >= 0.3 is 0 Å². The van der Waals surface area contributed by atoms with Gasteiger partial charge in [0.05, 0.1) is 26.9 Å². The lowest BCUT2D eigenvalue weighted by Crippen LogP contribution is -2.38. The molecule has 2 aromatic carbocycles. The van der Waals surface area contributed by atoms with Crippen molar-refractivity contribution in [3.05, 3.63) is 65.0 Å². The maximum Gasteiger partial charge on any atom is 0.253 e. The molecule has 0 aromatic heterocycles. The summed E-state index contributed by atoms with van der Waals surface area (Å²) in [6.45, 7) is 3.19. The lowest BCUT2D eigenvalue weighted by Gasteiger charge is -2.32. The number of ether oxygens (including phenoxy) is 3. The van der Waals surface area contributed by atoms with Crippen LogP contribution in [0.1, 0.15) is 34.3 Å². The number of piperidine rings is 1. The molecule has 0 N–H and O–H groups in total. The molecule has 1 saturated heterocycles. The zero-order valence-corrected chi connectivity index (χ0v) is 17.7. The molecule has 2 aromatic rings. The Morgan fingerprint density at radius 3 is 2.37 bits per heavy atom. The van der Waals surface area contributed by atoms with Crippen molar-refractivity contribution in [2.75, 3.05) is 40.5 Å². The van der Waals surface area contributed by atoms with Gasteiger partial charge in [0, 0.05) is 25.8 Å². The Balaban J connectivity index is 1.46. The highest BCUT2D eigenvalue weighted by atomic mass is 19.1. The van der Waals surface area contributed by atoms with Gasteiger partial charge in [-0.05, 0) is 54.5 Å². The fraction of sp³-hybridized carbons (Fsp3) is 0.458. The van der Waals surface area contributed by atoms with Gasteiger partial charge < -0.3 is 19.1 Å². The second kappa shape index (κ2) is 11.1. The summed E-state index contributed by atoms with van der Waals surface area (Å²) < 4.78 is 29.3. The van der Waals surface area contributed by atoms with E-state index in [-0.39, 0.29) is 11.7 Å². The van der Waals surface area contributed by atoms with Gasteiger partial charge in [0.15, 0.2) is 11.6 Å². The number of nitrogens with zero attached hydrogens (tertiary/aromatic N) is 1. The average Bonchev–Trinajstić information content (AvgIpc) is 2.78. The molecule has 0 unspecified atom stereocenters. The number of halogens is 1. The molecule has 30 heavy (non-hydrogen) atoms. The van der Waals surface area contributed by atoms with Crippen LogP contribution in [0.3, 0.4) is 0 Å². The van der Waals surface area contributed by atoms with Crippen LogP contribution in [0.25, 0.3) is 0 Å². The smallest absolute Gasteiger partial charge is 0.253 e. The molecule has 1 heterocycles. The highest BCUT2D eigenvalue weighted by Gasteiger charge is 2.24. The number of hydrogen-bond donors (Lipinski definition) is 0. The Morgan fingerprint density at radius 1 is 1.03 bits per heavy atom. The molecule has 162 valence electrons. The topological polar surface area (TPSA) is 48.0 Å². The van der Waals surface area contributed by atoms with Gasteiger partial charge in [-0.3, -0.25) is 4.79 Å². The van der Waals surface area contributed by atoms with Crippen LogP contribution in [0.15, 0.2) is 42.5 Å². The summed E-state index contributed by atoms with van der Waals surface area (Å²) in [4.78, 5) is 14.5. The van der Waals surface area contributed by atoms with Crippen molar-refractivity contribution in [2.24, 2.45) is 5.92 Å². The summed E-state index contributed by atoms with van der Waals surface area (Å²) >= 11 is 0. The molecule has 1 fully saturated rings. The number of amides is 1. The van der Waals surface area contributed by atoms with Crippen molar-refractivity contribution in [3.8, 4) is 5.75 Å². The van der Waals surface area contributed by atoms with E-state index in [1.807, 2.05) is 4.90 Å². The van der Waals surface area contributed by atoms with E-state index in [1.54, 1.807) is 13.2 Å². The molecule has 6 heteroatoms. The third kappa shape index (κ3) is 6.03. The molecular weight excluding hydrogens is 385 g/mol. The predicted molar refractivity (Wildman–Crippen MR) is 113 cm³/mol. The average molecular weight is 416 g/mol. The molecule has 1 aliphatic heterocycles. The summed E-state index contributed by atoms with van der Waals surface area (Å²) in [5.41, 5.74) is 2.83. The molecular formula is C24H30FNO4. The molecule has 0 atom stereocenters. The van der Waals surface area contributed by atoms with Crippen LogP contribution in [-0.4, -0.2) is 51.3 Å². The van der Waals surface area contributed by atoms with Crippen LogP contribution in [0.2, 0.25) is 0 Å². The summed E-state index contributed by atoms with van der Waals surface area (Å²) in [5.74, 6) is 0.0712. The molecule has 1 amide bonds. The quantitative estimate of drug-likeness (QED) is 0.579. The number of benzene rings is 2. The van der Waals surface area contributed by atoms with E-state index in [1.165, 1.54) is 24.8 Å². The number of hydrogen-bond acceptors (Lipinski definition) is 4. The molecule has 0 saturated carbocycles. The van der Waals surface area contributed by atoms with Crippen molar-refractivity contribution < 1.29 is 23.4 Å². The molecule has 0 spiro atoms. The first-order valence-electron chi connectivity index (χ1n) is 10.4. The van der Waals surface area contributed by atoms with E-state index in [0.29, 0.717) is 44.4 Å². The van der Waals surface area contributed by atoms with Crippen molar-refractivity contribution in [3.63, 3.8) is 0 Å². The van der Waals surface area contributed by atoms with Gasteiger partial charge in [-0.1, -0.05) is 24.3 Å². The minimum atomic E-state index is -0.509. The summed E-state index contributed by atoms with van der Waals surface area (Å²) in [6.07, 6.45) is 2.91. The predicted octanol–water partition coefficient (Wildman–Crippen LogP) is 4.09. The first-order valence-corrected chi connectivity index (χ1v) is 10.4. The van der Waals surface area contributed by atoms with E-state index in [9.17, 15) is 9.18 Å². The lowest BCUT2D eigenvalue weighted by molar-refractivity contribution is 0.0616. The van der Waals surface area contributed by atoms with Gasteiger partial charge in [-0.15, -0.1) is 0 Å². The molecule has 0 aliphatic carbocycles. The standard InChI is InChI=1S/C24H30FNO4/c1-28-13-14-30-17-20-5-3-18(4-6-20)15-19-9-11-26(12-10-19)24(27)21-7-8-23(29-2)22(25)16-21/h3-8,16,19H,9-15,17H2,1-2H3. The fourth-order valence-corrected chi connectivity index (χ4v) is 3.76. The summed E-state index contributed by atoms with van der Waals surface area (Å²) in [7, 11) is 3.08. The van der Waals surface area contributed by atoms with Crippen molar-refractivity contribution >= 4 is 5.91 Å². The summed E-state index contributed by atoms with van der Waals surface area (Å²) in [5, 5.41) is 0. The Labute approximate surface area is 177 Å². The van der Waals surface area contributed by atoms with E-state index in [0.717, 1.165) is 24.8 Å². The fourth-order valence-electron chi connectivity index (χ4n) is 3.76. The minimum absolute atomic E-state index is 0.118. The summed E-state index contributed by atoms with van der Waals surface area (Å²) in [6, 6.07) is 12.9. The number of carbonyl (C=O) groups is 1. The Kier molecular flexibility index (Phi) is 8.22. The maximum absolute atomic E-state index is 13.9. The van der Waals surface area contributed by atoms with Crippen LogP contribution in [0.5, 0.6) is 5.75 Å². The van der Waals surface area contributed by atoms with Crippen molar-refractivity contribution in [1.82, 2.24) is 4.90 Å². The highest BCUT2D eigenvalue weighted by Crippen LogP contribution is 2.24. The van der Waals surface area contributed by atoms with E-state index in [2.05, 4.69) is 24.3 Å². The van der Waals surface area contributed by atoms with Crippen LogP contribution in [0, 0.1) is 11.7 Å². The number of rotatable bonds is 9. The first kappa shape index (κ1) is 22.2. The minimum Gasteiger partial charge on any atom is -0.494 e. The number of carbonyl (C=O) groups excluding carboxylic acids is 1. The van der Waals surface area contributed by atoms with Gasteiger partial charge in [-0.25, -0.2) is 4.39 Å². The zero-order valence-electron chi connectivity index (χ0n) is 17.7. The van der Waals surface area contributed by atoms with E-state index >= 15 is 0 Å². The Hall–Kier alpha value is -2.44. The zero-order chi connectivity index (χ0) is 21.3. The maximum atomic E-state index is 13.9. The van der Waals surface area contributed by atoms with Crippen LogP contribution in [0.4, 0.5) is 4.39 Å². The van der Waals surface area contributed by atoms with E-state index < -0.39 is 5.82 Å².